The van der Waals surface area contributed by atoms with Crippen LogP contribution in [0.3, 0.4) is 0 Å². The molecule has 0 N–H and O–H groups in total. The first-order valence-corrected chi connectivity index (χ1v) is 19.8. The summed E-state index contributed by atoms with van der Waals surface area (Å²) >= 11 is -2.43. The molecule has 0 saturated heterocycles. The fourth-order valence-corrected chi connectivity index (χ4v) is 20.7. The Balaban J connectivity index is 1.97. The maximum atomic E-state index is 6.42. The molecular weight excluding hydrogens is 485 g/mol. The van der Waals surface area contributed by atoms with E-state index >= 15 is 0 Å². The van der Waals surface area contributed by atoms with E-state index in [1.807, 2.05) is 0 Å². The monoisotopic (exact) mass is 527 g/mol. The van der Waals surface area contributed by atoms with Gasteiger partial charge in [-0.05, 0) is 0 Å². The fraction of sp³-hybridized carbons (Fsp3) is 0.500. The van der Waals surface area contributed by atoms with Gasteiger partial charge in [0.05, 0.1) is 0 Å². The van der Waals surface area contributed by atoms with Gasteiger partial charge in [-0.15, -0.1) is 0 Å². The second-order valence-corrected chi connectivity index (χ2v) is 22.6. The fourth-order valence-electron chi connectivity index (χ4n) is 4.78. The number of unbranched alkanes of at least 4 members (excludes halogenated alkanes) is 3. The van der Waals surface area contributed by atoms with Gasteiger partial charge in [-0.2, -0.15) is 0 Å². The number of furan rings is 1. The molecule has 0 aliphatic heterocycles. The van der Waals surface area contributed by atoms with Crippen molar-refractivity contribution in [2.24, 2.45) is 0 Å². The first-order chi connectivity index (χ1) is 15.0. The summed E-state index contributed by atoms with van der Waals surface area (Å²) in [5.41, 5.74) is 3.44. The van der Waals surface area contributed by atoms with E-state index < -0.39 is 18.4 Å². The molecule has 0 spiro atoms. The number of benzene rings is 2. The molecule has 3 rings (SSSR count). The summed E-state index contributed by atoms with van der Waals surface area (Å²) in [6.07, 6.45) is 8.11. The van der Waals surface area contributed by atoms with Crippen molar-refractivity contribution in [3.8, 4) is 11.3 Å². The molecule has 0 radical (unpaired) electrons. The van der Waals surface area contributed by atoms with Crippen LogP contribution in [-0.2, 0) is 0 Å². The van der Waals surface area contributed by atoms with Crippen LogP contribution in [0.5, 0.6) is 0 Å². The van der Waals surface area contributed by atoms with Crippen LogP contribution in [-0.4, -0.2) is 32.5 Å². The number of anilines is 1. The molecule has 2 nitrogen and oxygen atoms in total. The van der Waals surface area contributed by atoms with Crippen molar-refractivity contribution >= 4 is 38.6 Å². The van der Waals surface area contributed by atoms with Gasteiger partial charge in [0, 0.05) is 0 Å². The van der Waals surface area contributed by atoms with E-state index in [-0.39, 0.29) is 0 Å². The van der Waals surface area contributed by atoms with Crippen LogP contribution >= 0.6 is 0 Å². The molecule has 0 fully saturated rings. The van der Waals surface area contributed by atoms with Gasteiger partial charge >= 0.3 is 194 Å². The molecule has 3 heteroatoms. The van der Waals surface area contributed by atoms with Crippen LogP contribution in [0, 0.1) is 0 Å². The van der Waals surface area contributed by atoms with E-state index in [1.165, 1.54) is 62.9 Å². The molecule has 0 aliphatic rings. The summed E-state index contributed by atoms with van der Waals surface area (Å²) < 4.78 is 12.6. The van der Waals surface area contributed by atoms with Gasteiger partial charge in [0.25, 0.3) is 0 Å². The summed E-state index contributed by atoms with van der Waals surface area (Å²) in [6, 6.07) is 18.1. The van der Waals surface area contributed by atoms with Gasteiger partial charge in [-0.1, -0.05) is 0 Å². The zero-order chi connectivity index (χ0) is 22.3. The Kier molecular flexibility index (Phi) is 8.94. The zero-order valence-corrected chi connectivity index (χ0v) is 23.2. The number of rotatable bonds is 12. The van der Waals surface area contributed by atoms with Crippen molar-refractivity contribution in [1.82, 2.24) is 0 Å². The quantitative estimate of drug-likeness (QED) is 0.221. The average molecular weight is 526 g/mol. The first kappa shape index (κ1) is 24.2. The molecular formula is C28H41NOSn. The molecule has 0 aliphatic carbocycles. The Labute approximate surface area is 193 Å². The van der Waals surface area contributed by atoms with E-state index in [0.29, 0.717) is 0 Å². The number of hydrogen-bond donors (Lipinski definition) is 0. The maximum absolute atomic E-state index is 6.42. The second kappa shape index (κ2) is 11.4. The van der Waals surface area contributed by atoms with Gasteiger partial charge in [-0.25, -0.2) is 0 Å². The summed E-state index contributed by atoms with van der Waals surface area (Å²) in [6.45, 7) is 7.04. The van der Waals surface area contributed by atoms with E-state index in [4.69, 9.17) is 4.42 Å². The number of nitrogens with zero attached hydrogens (tertiary/aromatic N) is 1. The Morgan fingerprint density at radius 2 is 1.32 bits per heavy atom. The zero-order valence-electron chi connectivity index (χ0n) is 20.3. The average Bonchev–Trinajstić information content (AvgIpc) is 3.22. The summed E-state index contributed by atoms with van der Waals surface area (Å²) in [7, 11) is 4.15. The van der Waals surface area contributed by atoms with Gasteiger partial charge in [-0.3, -0.25) is 0 Å². The van der Waals surface area contributed by atoms with Crippen molar-refractivity contribution in [3.63, 3.8) is 0 Å². The molecule has 1 aromatic heterocycles. The molecule has 0 amide bonds. The Morgan fingerprint density at radius 1 is 0.742 bits per heavy atom. The molecule has 0 atom stereocenters. The van der Waals surface area contributed by atoms with Gasteiger partial charge in [0.15, 0.2) is 0 Å². The summed E-state index contributed by atoms with van der Waals surface area (Å²) in [4.78, 5) is 2.13. The van der Waals surface area contributed by atoms with E-state index in [1.54, 1.807) is 3.58 Å². The van der Waals surface area contributed by atoms with Crippen LogP contribution in [0.1, 0.15) is 59.3 Å². The van der Waals surface area contributed by atoms with Gasteiger partial charge in [0.2, 0.25) is 0 Å². The third-order valence-corrected chi connectivity index (χ3v) is 22.4. The molecule has 31 heavy (non-hydrogen) atoms. The molecule has 168 valence electrons. The van der Waals surface area contributed by atoms with E-state index in [2.05, 4.69) is 88.3 Å². The Morgan fingerprint density at radius 3 is 1.84 bits per heavy atom. The Hall–Kier alpha value is -1.42. The standard InChI is InChI=1S/C16H14NO.3C4H9.Sn/c1-17(2)14-9-7-12(8-10-14)16-11-13-5-3-4-6-15(13)18-16;3*1-3-4-2;/h3,5-11H,1-2H3;3*1,3-4H2,2H3;. The van der Waals surface area contributed by atoms with Gasteiger partial charge < -0.3 is 0 Å². The predicted molar refractivity (Wildman–Crippen MR) is 141 cm³/mol. The van der Waals surface area contributed by atoms with E-state index in [9.17, 15) is 0 Å². The van der Waals surface area contributed by atoms with Crippen molar-refractivity contribution in [3.05, 3.63) is 48.5 Å². The van der Waals surface area contributed by atoms with Crippen molar-refractivity contribution < 1.29 is 4.42 Å². The molecule has 1 heterocycles. The first-order valence-electron chi connectivity index (χ1n) is 12.3. The third kappa shape index (κ3) is 5.88. The summed E-state index contributed by atoms with van der Waals surface area (Å²) in [5.74, 6) is 0.980. The number of fused-ring (bicyclic) bond motifs is 1. The molecule has 0 unspecified atom stereocenters. The number of hydrogen-bond acceptors (Lipinski definition) is 2. The predicted octanol–water partition coefficient (Wildman–Crippen LogP) is 8.22. The van der Waals surface area contributed by atoms with Crippen LogP contribution < -0.4 is 8.48 Å². The molecule has 0 bridgehead atoms. The molecule has 2 aromatic carbocycles. The van der Waals surface area contributed by atoms with Gasteiger partial charge in [0.1, 0.15) is 0 Å². The molecule has 0 saturated carbocycles. The third-order valence-electron chi connectivity index (χ3n) is 6.83. The van der Waals surface area contributed by atoms with Crippen molar-refractivity contribution in [1.29, 1.82) is 0 Å². The minimum absolute atomic E-state index is 0.980. The molecule has 3 aromatic rings. The topological polar surface area (TPSA) is 16.4 Å². The second-order valence-electron chi connectivity index (χ2n) is 9.40. The normalized spacial score (nSPS) is 11.9. The Bertz CT molecular complexity index is 920. The minimum atomic E-state index is -2.43. The van der Waals surface area contributed by atoms with Crippen LogP contribution in [0.15, 0.2) is 52.9 Å². The van der Waals surface area contributed by atoms with E-state index in [0.717, 1.165) is 16.9 Å². The van der Waals surface area contributed by atoms with Crippen LogP contribution in [0.2, 0.25) is 13.3 Å². The van der Waals surface area contributed by atoms with Crippen molar-refractivity contribution in [2.75, 3.05) is 19.0 Å². The summed E-state index contributed by atoms with van der Waals surface area (Å²) in [5, 5.41) is 1.23. The van der Waals surface area contributed by atoms with Crippen LogP contribution in [0.4, 0.5) is 5.69 Å². The van der Waals surface area contributed by atoms with Crippen LogP contribution in [0.25, 0.3) is 22.3 Å². The SMILES string of the molecule is CCC[CH2][Sn]([CH2]CCC)([CH2]CCC)[c]1ccc2cc(-c3ccc(N(C)C)cc3)oc2c1. The van der Waals surface area contributed by atoms with Crippen molar-refractivity contribution in [2.45, 2.75) is 72.6 Å².